The van der Waals surface area contributed by atoms with Gasteiger partial charge < -0.3 is 82.4 Å². The predicted octanol–water partition coefficient (Wildman–Crippen LogP) is 6.28. The van der Waals surface area contributed by atoms with E-state index in [1.807, 2.05) is 44.3 Å². The normalized spacial score (nSPS) is 36.4. The lowest BCUT2D eigenvalue weighted by molar-refractivity contribution is -0.320. The van der Waals surface area contributed by atoms with Crippen molar-refractivity contribution in [1.29, 1.82) is 0 Å². The van der Waals surface area contributed by atoms with E-state index in [4.69, 9.17) is 63.7 Å². The Kier molecular flexibility index (Phi) is 21.8. The number of nitrogens with zero attached hydrogens (tertiary/aromatic N) is 2. The Labute approximate surface area is 491 Å². The van der Waals surface area contributed by atoms with Gasteiger partial charge in [-0.05, 0) is 99.9 Å². The summed E-state index contributed by atoms with van der Waals surface area (Å²) in [6, 6.07) is 2.17. The van der Waals surface area contributed by atoms with Crippen molar-refractivity contribution >= 4 is 58.0 Å². The number of halogens is 1. The maximum Gasteiger partial charge on any atom is 0.408 e. The molecule has 5 heterocycles. The average molecular weight is 1190 g/mol. The van der Waals surface area contributed by atoms with Crippen molar-refractivity contribution in [2.24, 2.45) is 23.7 Å². The number of nitrogens with one attached hydrogen (secondary N) is 2. The number of aliphatic hydroxyl groups excluding tert-OH is 1. The molecule has 23 nitrogen and oxygen atoms in total. The number of pyridine rings is 1. The van der Waals surface area contributed by atoms with Crippen molar-refractivity contribution in [2.75, 3.05) is 66.6 Å². The quantitative estimate of drug-likeness (QED) is 0.0608. The van der Waals surface area contributed by atoms with E-state index in [-0.39, 0.29) is 87.0 Å². The number of cyclic esters (lactones) is 1. The highest BCUT2D eigenvalue weighted by atomic mass is 35.5. The first-order valence-electron chi connectivity index (χ1n) is 29.1. The Morgan fingerprint density at radius 2 is 1.55 bits per heavy atom. The van der Waals surface area contributed by atoms with Gasteiger partial charge in [0.15, 0.2) is 24.3 Å². The minimum Gasteiger partial charge on any atom is -0.477 e. The molecule has 4 N–H and O–H groups in total. The number of aromatic nitrogens is 1. The molecule has 83 heavy (non-hydrogen) atoms. The molecular weight excluding hydrogens is 1100 g/mol. The minimum atomic E-state index is -1.43. The molecule has 1 aromatic heterocycles. The van der Waals surface area contributed by atoms with Gasteiger partial charge in [-0.1, -0.05) is 39.3 Å². The lowest BCUT2D eigenvalue weighted by Crippen LogP contribution is -2.62. The van der Waals surface area contributed by atoms with Gasteiger partial charge in [0.1, 0.15) is 29.2 Å². The van der Waals surface area contributed by atoms with Crippen LogP contribution in [0.2, 0.25) is 5.02 Å². The number of carbonyl (C=O) groups is 5. The number of benzene rings is 1. The fraction of sp³-hybridized carbons (Fsp3) is 0.763. The average Bonchev–Trinajstić information content (AvgIpc) is 4.45. The number of carboxylic acid groups (broad SMARTS) is 1. The number of hydrogen-bond acceptors (Lipinski definition) is 20. The number of aliphatic hydroxyl groups is 1. The van der Waals surface area contributed by atoms with Crippen LogP contribution in [0.4, 0.5) is 10.5 Å². The molecule has 1 aliphatic carbocycles. The van der Waals surface area contributed by atoms with Crippen LogP contribution in [0.25, 0.3) is 10.9 Å². The number of alkyl carbamates (subject to hydrolysis) is 1. The zero-order chi connectivity index (χ0) is 61.0. The summed E-state index contributed by atoms with van der Waals surface area (Å²) in [5.74, 6) is -6.04. The van der Waals surface area contributed by atoms with E-state index in [1.165, 1.54) is 20.4 Å². The molecule has 18 atom stereocenters. The van der Waals surface area contributed by atoms with Gasteiger partial charge in [-0.15, -0.1) is 0 Å². The highest BCUT2D eigenvalue weighted by Gasteiger charge is 2.58. The van der Waals surface area contributed by atoms with E-state index in [0.717, 1.165) is 12.8 Å². The first-order valence-corrected chi connectivity index (χ1v) is 29.5. The molecule has 0 radical (unpaired) electrons. The zero-order valence-corrected chi connectivity index (χ0v) is 51.3. The molecule has 1 aromatic carbocycles. The number of ketones is 1. The number of amides is 1. The Bertz CT molecular complexity index is 2690. The number of fused-ring (bicyclic) bond motifs is 2. The number of anilines is 1. The number of methoxy groups -OCH3 is 2. The lowest BCUT2D eigenvalue weighted by Gasteiger charge is -2.50. The van der Waals surface area contributed by atoms with Crippen LogP contribution in [-0.2, 0) is 66.5 Å². The van der Waals surface area contributed by atoms with Crippen molar-refractivity contribution in [1.82, 2.24) is 14.8 Å². The number of hydrogen-bond donors (Lipinski definition) is 4. The highest BCUT2D eigenvalue weighted by Crippen LogP contribution is 2.44. The summed E-state index contributed by atoms with van der Waals surface area (Å²) < 4.78 is 70.9. The maximum atomic E-state index is 14.8. The van der Waals surface area contributed by atoms with Gasteiger partial charge in [-0.3, -0.25) is 19.2 Å². The molecular formula is C59H89ClN4O19. The predicted molar refractivity (Wildman–Crippen MR) is 303 cm³/mol. The van der Waals surface area contributed by atoms with Crippen molar-refractivity contribution in [3.8, 4) is 0 Å². The topological polar surface area (TPSA) is 277 Å². The van der Waals surface area contributed by atoms with Crippen molar-refractivity contribution in [3.05, 3.63) is 39.1 Å². The zero-order valence-electron chi connectivity index (χ0n) is 50.6. The van der Waals surface area contributed by atoms with E-state index in [9.17, 15) is 39.0 Å². The number of carboxylic acids is 1. The summed E-state index contributed by atoms with van der Waals surface area (Å²) in [5, 5.41) is 28.1. The van der Waals surface area contributed by atoms with E-state index in [2.05, 4.69) is 10.6 Å². The van der Waals surface area contributed by atoms with Crippen molar-refractivity contribution in [3.63, 3.8) is 0 Å². The Morgan fingerprint density at radius 1 is 0.892 bits per heavy atom. The largest absolute Gasteiger partial charge is 0.477 e. The molecule has 466 valence electrons. The van der Waals surface area contributed by atoms with Crippen molar-refractivity contribution < 1.29 is 86.3 Å². The summed E-state index contributed by atoms with van der Waals surface area (Å²) >= 11 is 6.59. The molecule has 5 fully saturated rings. The van der Waals surface area contributed by atoms with Crippen LogP contribution in [0.5, 0.6) is 0 Å². The Hall–Kier alpha value is -4.53. The van der Waals surface area contributed by atoms with Crippen molar-refractivity contribution in [2.45, 2.75) is 204 Å². The molecule has 4 aliphatic heterocycles. The second kappa shape index (κ2) is 27.4. The molecule has 1 saturated carbocycles. The smallest absolute Gasteiger partial charge is 0.408 e. The summed E-state index contributed by atoms with van der Waals surface area (Å²) in [7, 11) is 6.75. The molecule has 0 bridgehead atoms. The first kappa shape index (κ1) is 66.0. The molecule has 0 spiro atoms. The standard InChI is InChI=1S/C59H89ClN4O19/c1-15-43-59(10)50(62-56(72)83-59)32(4)46(66)30(2)27-57(8,73-13)51(82-55-48(68)42(63(11)12)24-31(3)77-55)33(5)49(34(6)54(71)79-43)81-45-28-58(9,74-14)52(35(7)78-45)80-44(65)18-20-75-22-23-76-21-19-61-40-25-37-41(26-39(40)60)64(36-16-17-36)29-38(47(37)67)53(69)70/h25-26,29-36,42-43,45,48-52,55,61,68H,15-24,27-28H2,1-14H3,(H,62,72)(H,69,70)/t30-,31-,32+,33+,34-,35+,42+,43-,45+,48-,49+,50-,51-,52+,55+,57-,58-,59-/m1/s1. The van der Waals surface area contributed by atoms with Crippen LogP contribution < -0.4 is 16.1 Å². The third-order valence-electron chi connectivity index (χ3n) is 17.8. The molecule has 4 saturated heterocycles. The molecule has 0 unspecified atom stereocenters. The number of esters is 2. The molecule has 7 rings (SSSR count). The Morgan fingerprint density at radius 3 is 2.18 bits per heavy atom. The van der Waals surface area contributed by atoms with Crippen LogP contribution in [0.3, 0.4) is 0 Å². The summed E-state index contributed by atoms with van der Waals surface area (Å²) in [5.41, 5.74) is -3.75. The number of carbonyl (C=O) groups excluding carboxylic acids is 4. The van der Waals surface area contributed by atoms with Crippen LogP contribution in [0.1, 0.15) is 131 Å². The summed E-state index contributed by atoms with van der Waals surface area (Å²) in [6.45, 7) is 18.7. The summed E-state index contributed by atoms with van der Waals surface area (Å²) in [6.07, 6.45) is -5.25. The van der Waals surface area contributed by atoms with Gasteiger partial charge in [0.05, 0.1) is 91.1 Å². The minimum absolute atomic E-state index is 0.0275. The fourth-order valence-electron chi connectivity index (χ4n) is 12.8. The van der Waals surface area contributed by atoms with E-state index in [1.54, 1.807) is 60.6 Å². The number of rotatable bonds is 21. The molecule has 1 amide bonds. The molecule has 24 heteroatoms. The third kappa shape index (κ3) is 14.7. The van der Waals surface area contributed by atoms with Crippen LogP contribution in [0, 0.1) is 23.7 Å². The van der Waals surface area contributed by atoms with Crippen LogP contribution in [-0.4, -0.2) is 195 Å². The second-order valence-corrected chi connectivity index (χ2v) is 24.6. The van der Waals surface area contributed by atoms with E-state index < -0.39 is 125 Å². The highest BCUT2D eigenvalue weighted by molar-refractivity contribution is 6.34. The SMILES string of the molecule is CC[C@H]1OC(=O)[C@H](C)[C@@H](O[C@H]2C[C@@](C)(OC)[C@@H](OC(=O)CCOCCOCCNc3cc4c(=O)c(C(=O)O)cn(C5CC5)c4cc3Cl)[C@H](C)O2)[C@H](C)[C@@H](O[C@@H]2O[C@H](C)C[C@H](N(C)C)[C@H]2O)[C@](C)(OC)C[C@@H](C)C(=O)[C@H](C)[C@H]2NC(=O)O[C@@]21C. The second-order valence-electron chi connectivity index (χ2n) is 24.2. The van der Waals surface area contributed by atoms with E-state index >= 15 is 0 Å². The van der Waals surface area contributed by atoms with Gasteiger partial charge >= 0.3 is 24.0 Å². The number of aromatic carboxylic acids is 1. The van der Waals surface area contributed by atoms with Gasteiger partial charge in [-0.2, -0.15) is 0 Å². The Balaban J connectivity index is 1.01. The monoisotopic (exact) mass is 1190 g/mol. The van der Waals surface area contributed by atoms with Crippen LogP contribution >= 0.6 is 11.6 Å². The number of Topliss-reactive ketones (excluding diaryl/α,β-unsaturated/α-hetero) is 1. The maximum absolute atomic E-state index is 14.8. The summed E-state index contributed by atoms with van der Waals surface area (Å²) in [4.78, 5) is 82.7. The number of ether oxygens (including phenoxy) is 11. The lowest BCUT2D eigenvalue weighted by atomic mass is 9.73. The molecule has 5 aliphatic rings. The van der Waals surface area contributed by atoms with E-state index in [0.29, 0.717) is 29.2 Å². The third-order valence-corrected chi connectivity index (χ3v) is 18.1. The van der Waals surface area contributed by atoms with Gasteiger partial charge in [-0.25, -0.2) is 9.59 Å². The van der Waals surface area contributed by atoms with Gasteiger partial charge in [0, 0.05) is 68.6 Å². The molecule has 2 aromatic rings. The number of likely N-dealkylation sites (N-methyl/N-ethyl adjacent to an activating group) is 1. The first-order chi connectivity index (χ1) is 39.1. The van der Waals surface area contributed by atoms with Gasteiger partial charge in [0.2, 0.25) is 5.43 Å². The van der Waals surface area contributed by atoms with Gasteiger partial charge in [0.25, 0.3) is 0 Å². The van der Waals surface area contributed by atoms with Crippen LogP contribution in [0.15, 0.2) is 23.1 Å². The fourth-order valence-corrected chi connectivity index (χ4v) is 13.0.